The number of amides is 4. The molecule has 6 heterocycles. The van der Waals surface area contributed by atoms with Gasteiger partial charge in [0.25, 0.3) is 11.8 Å². The number of ether oxygens (including phenoxy) is 1. The summed E-state index contributed by atoms with van der Waals surface area (Å²) in [5, 5.41) is 18.6. The second kappa shape index (κ2) is 13.9. The lowest BCUT2D eigenvalue weighted by atomic mass is 10.0. The number of aromatic nitrogens is 5. The van der Waals surface area contributed by atoms with Crippen molar-refractivity contribution in [2.45, 2.75) is 64.8 Å². The van der Waals surface area contributed by atoms with E-state index >= 15 is 0 Å². The Kier molecular flexibility index (Phi) is 8.86. The van der Waals surface area contributed by atoms with Gasteiger partial charge in [-0.2, -0.15) is 5.10 Å². The van der Waals surface area contributed by atoms with Crippen LogP contribution < -0.4 is 15.4 Å². The molecule has 0 radical (unpaired) electrons. The minimum absolute atomic E-state index is 0.0763. The minimum atomic E-state index is -0.999. The number of thiophene rings is 1. The Labute approximate surface area is 303 Å². The van der Waals surface area contributed by atoms with Crippen molar-refractivity contribution >= 4 is 40.7 Å². The molecule has 1 fully saturated rings. The second-order valence-electron chi connectivity index (χ2n) is 12.9. The fraction of sp³-hybridized carbons (Fsp3) is 0.289. The Bertz CT molecular complexity index is 2300. The summed E-state index contributed by atoms with van der Waals surface area (Å²) in [6.07, 6.45) is 6.20. The van der Waals surface area contributed by atoms with E-state index in [-0.39, 0.29) is 24.0 Å². The van der Waals surface area contributed by atoms with E-state index in [2.05, 4.69) is 54.5 Å². The van der Waals surface area contributed by atoms with Gasteiger partial charge in [0, 0.05) is 43.4 Å². The molecule has 3 aliphatic rings. The number of aryl methyl sites for hydroxylation is 2. The van der Waals surface area contributed by atoms with Gasteiger partial charge in [0.2, 0.25) is 11.8 Å². The number of benzene rings is 2. The molecular weight excluding hydrogens is 681 g/mol. The van der Waals surface area contributed by atoms with Crippen LogP contribution in [0.25, 0.3) is 0 Å². The number of carbonyl (C=O) groups is 4. The summed E-state index contributed by atoms with van der Waals surface area (Å²) in [7, 11) is 0. The molecule has 2 aromatic carbocycles. The molecule has 0 bridgehead atoms. The van der Waals surface area contributed by atoms with E-state index in [1.807, 2.05) is 36.0 Å². The molecule has 0 saturated carbocycles. The van der Waals surface area contributed by atoms with Gasteiger partial charge in [-0.1, -0.05) is 48.2 Å². The molecular formula is C38H34N8O5S. The maximum atomic E-state index is 13.4. The van der Waals surface area contributed by atoms with Gasteiger partial charge < -0.3 is 14.6 Å². The van der Waals surface area contributed by atoms with Crippen LogP contribution in [0.3, 0.4) is 0 Å². The van der Waals surface area contributed by atoms with Crippen molar-refractivity contribution in [1.29, 1.82) is 0 Å². The van der Waals surface area contributed by atoms with E-state index in [1.165, 1.54) is 5.56 Å². The van der Waals surface area contributed by atoms with E-state index in [1.54, 1.807) is 35.7 Å². The van der Waals surface area contributed by atoms with E-state index < -0.39 is 29.7 Å². The number of fused-ring (bicyclic) bond motifs is 3. The first-order valence-corrected chi connectivity index (χ1v) is 18.0. The molecule has 5 aromatic rings. The number of unbranched alkanes of at least 4 members (excludes halogenated alkanes) is 1. The Morgan fingerprint density at radius 3 is 2.73 bits per heavy atom. The summed E-state index contributed by atoms with van der Waals surface area (Å²) in [5.41, 5.74) is 4.13. The average Bonchev–Trinajstić information content (AvgIpc) is 3.86. The average molecular weight is 715 g/mol. The van der Waals surface area contributed by atoms with Crippen molar-refractivity contribution in [1.82, 2.24) is 34.8 Å². The van der Waals surface area contributed by atoms with Gasteiger partial charge in [0.15, 0.2) is 5.82 Å². The van der Waals surface area contributed by atoms with Gasteiger partial charge in [0.05, 0.1) is 39.2 Å². The molecule has 1 unspecified atom stereocenters. The summed E-state index contributed by atoms with van der Waals surface area (Å²) >= 11 is 1.65. The third kappa shape index (κ3) is 6.35. The maximum Gasteiger partial charge on any atom is 0.264 e. The van der Waals surface area contributed by atoms with Gasteiger partial charge in [-0.3, -0.25) is 34.1 Å². The normalized spacial score (nSPS) is 16.3. The zero-order valence-electron chi connectivity index (χ0n) is 28.3. The van der Waals surface area contributed by atoms with Crippen LogP contribution in [-0.4, -0.2) is 65.7 Å². The number of rotatable bonds is 9. The molecule has 3 aromatic heterocycles. The third-order valence-corrected chi connectivity index (χ3v) is 10.6. The number of piperidine rings is 1. The van der Waals surface area contributed by atoms with Crippen LogP contribution in [-0.2, 0) is 35.7 Å². The van der Waals surface area contributed by atoms with Gasteiger partial charge in [-0.05, 0) is 43.9 Å². The molecule has 0 spiro atoms. The second-order valence-corrected chi connectivity index (χ2v) is 14.0. The van der Waals surface area contributed by atoms with Crippen LogP contribution in [0, 0.1) is 18.8 Å². The minimum Gasteiger partial charge on any atom is -0.484 e. The van der Waals surface area contributed by atoms with Gasteiger partial charge in [-0.15, -0.1) is 21.5 Å². The van der Waals surface area contributed by atoms with Gasteiger partial charge in [0.1, 0.15) is 24.2 Å². The molecule has 13 nitrogen and oxygen atoms in total. The lowest BCUT2D eigenvalue weighted by molar-refractivity contribution is -0.136. The number of nitrogens with one attached hydrogen (secondary N) is 2. The number of hydrogen-bond donors (Lipinski definition) is 2. The van der Waals surface area contributed by atoms with Crippen LogP contribution in [0.15, 0.2) is 60.9 Å². The highest BCUT2D eigenvalue weighted by Gasteiger charge is 2.45. The van der Waals surface area contributed by atoms with Crippen LogP contribution in [0.4, 0.5) is 5.69 Å². The van der Waals surface area contributed by atoms with Crippen molar-refractivity contribution in [2.75, 3.05) is 11.9 Å². The molecule has 1 atom stereocenters. The fourth-order valence-corrected chi connectivity index (χ4v) is 7.92. The van der Waals surface area contributed by atoms with E-state index in [9.17, 15) is 19.2 Å². The molecule has 14 heteroatoms. The van der Waals surface area contributed by atoms with Crippen LogP contribution in [0.5, 0.6) is 5.75 Å². The largest absolute Gasteiger partial charge is 0.484 e. The zero-order valence-corrected chi connectivity index (χ0v) is 29.2. The van der Waals surface area contributed by atoms with Crippen molar-refractivity contribution in [3.05, 3.63) is 110 Å². The van der Waals surface area contributed by atoms with E-state index in [0.29, 0.717) is 38.3 Å². The summed E-state index contributed by atoms with van der Waals surface area (Å²) < 4.78 is 10.3. The van der Waals surface area contributed by atoms with Gasteiger partial charge in [-0.25, -0.2) is 0 Å². The molecule has 8 rings (SSSR count). The first-order valence-electron chi connectivity index (χ1n) is 17.2. The summed E-state index contributed by atoms with van der Waals surface area (Å²) in [5.74, 6) is 7.21. The SMILES string of the molecule is Cc1nnc2n1Cc1sc(C#Cc3cnn(CCCCNc4cccc5c4C(=O)N(C4CCC(=O)NC4=O)C5=O)c3)c(Cc3ccccc3)c1OC2. The lowest BCUT2D eigenvalue weighted by Crippen LogP contribution is -2.54. The Balaban J connectivity index is 0.901. The monoisotopic (exact) mass is 714 g/mol. The van der Waals surface area contributed by atoms with Crippen molar-refractivity contribution in [3.63, 3.8) is 0 Å². The van der Waals surface area contributed by atoms with Crippen molar-refractivity contribution < 1.29 is 23.9 Å². The summed E-state index contributed by atoms with van der Waals surface area (Å²) in [6.45, 7) is 4.20. The number of nitrogens with zero attached hydrogens (tertiary/aromatic N) is 6. The molecule has 3 aliphatic heterocycles. The molecule has 262 valence electrons. The molecule has 4 amide bonds. The summed E-state index contributed by atoms with van der Waals surface area (Å²) in [4.78, 5) is 53.6. The quantitative estimate of drug-likeness (QED) is 0.131. The Hall–Kier alpha value is -6.07. The van der Waals surface area contributed by atoms with Gasteiger partial charge >= 0.3 is 0 Å². The van der Waals surface area contributed by atoms with Crippen LogP contribution in [0.1, 0.15) is 84.5 Å². The predicted molar refractivity (Wildman–Crippen MR) is 191 cm³/mol. The van der Waals surface area contributed by atoms with Crippen LogP contribution in [0.2, 0.25) is 0 Å². The highest BCUT2D eigenvalue weighted by Crippen LogP contribution is 2.40. The van der Waals surface area contributed by atoms with E-state index in [0.717, 1.165) is 56.0 Å². The maximum absolute atomic E-state index is 13.4. The smallest absolute Gasteiger partial charge is 0.264 e. The molecule has 1 saturated heterocycles. The number of anilines is 1. The summed E-state index contributed by atoms with van der Waals surface area (Å²) in [6, 6.07) is 14.4. The topological polar surface area (TPSA) is 153 Å². The Morgan fingerprint density at radius 1 is 1.02 bits per heavy atom. The molecule has 2 N–H and O–H groups in total. The third-order valence-electron chi connectivity index (χ3n) is 9.46. The number of hydrogen-bond acceptors (Lipinski definition) is 10. The number of imide groups is 2. The fourth-order valence-electron chi connectivity index (χ4n) is 6.82. The first kappa shape index (κ1) is 33.1. The highest BCUT2D eigenvalue weighted by atomic mass is 32.1. The highest BCUT2D eigenvalue weighted by molar-refractivity contribution is 7.13. The molecule has 52 heavy (non-hydrogen) atoms. The standard InChI is InChI=1S/C38H34N8O5S/c1-23-42-43-32-22-51-35-27(18-24-8-3-2-4-9-24)30(52-31(35)21-45(23)32)14-12-25-19-40-44(20-25)17-6-5-16-39-28-11-7-10-26-34(28)38(50)46(37(26)49)29-13-15-33(47)41-36(29)48/h2-4,7-11,19-20,29,39H,5-6,13,15-18,21-22H2,1H3,(H,41,47,48). The van der Waals surface area contributed by atoms with Crippen molar-refractivity contribution in [2.24, 2.45) is 0 Å². The molecule has 0 aliphatic carbocycles. The first-order chi connectivity index (χ1) is 25.3. The predicted octanol–water partition coefficient (Wildman–Crippen LogP) is 4.07. The Morgan fingerprint density at radius 2 is 1.88 bits per heavy atom. The van der Waals surface area contributed by atoms with E-state index in [4.69, 9.17) is 4.74 Å². The zero-order chi connectivity index (χ0) is 35.8. The lowest BCUT2D eigenvalue weighted by Gasteiger charge is -2.27. The number of carbonyl (C=O) groups excluding carboxylic acids is 4. The van der Waals surface area contributed by atoms with Crippen molar-refractivity contribution in [3.8, 4) is 17.6 Å². The van der Waals surface area contributed by atoms with Crippen LogP contribution >= 0.6 is 11.3 Å².